The van der Waals surface area contributed by atoms with Gasteiger partial charge in [0, 0.05) is 12.2 Å². The predicted octanol–water partition coefficient (Wildman–Crippen LogP) is 4.95. The minimum Gasteiger partial charge on any atom is -0.362 e. The molecular weight excluding hydrogens is 264 g/mol. The number of hydrogen-bond acceptors (Lipinski definition) is 1. The molecule has 20 heavy (non-hydrogen) atoms. The Morgan fingerprint density at radius 1 is 1.05 bits per heavy atom. The molecule has 0 heterocycles. The molecule has 0 aliphatic carbocycles. The van der Waals surface area contributed by atoms with Gasteiger partial charge in [0.25, 0.3) is 0 Å². The van der Waals surface area contributed by atoms with E-state index in [1.54, 1.807) is 0 Å². The first-order chi connectivity index (χ1) is 9.65. The lowest BCUT2D eigenvalue weighted by Gasteiger charge is -2.13. The van der Waals surface area contributed by atoms with Gasteiger partial charge in [0.05, 0.1) is 0 Å². The first-order valence-corrected chi connectivity index (χ1v) is 8.17. The molecule has 0 radical (unpaired) electrons. The first kappa shape index (κ1) is 17.0. The van der Waals surface area contributed by atoms with Crippen molar-refractivity contribution in [2.45, 2.75) is 59.3 Å². The van der Waals surface area contributed by atoms with Gasteiger partial charge in [0.1, 0.15) is 0 Å². The van der Waals surface area contributed by atoms with Crippen molar-refractivity contribution in [1.29, 1.82) is 0 Å². The van der Waals surface area contributed by atoms with Crippen molar-refractivity contribution >= 4 is 23.0 Å². The SMILES string of the molecule is CCCCCCCCNC(=S)Nc1cccc(C)c1C. The van der Waals surface area contributed by atoms with Crippen LogP contribution >= 0.6 is 12.2 Å². The fraction of sp³-hybridized carbons (Fsp3) is 0.588. The normalized spacial score (nSPS) is 10.3. The molecule has 0 aromatic heterocycles. The summed E-state index contributed by atoms with van der Waals surface area (Å²) in [4.78, 5) is 0. The van der Waals surface area contributed by atoms with Gasteiger partial charge in [-0.3, -0.25) is 0 Å². The summed E-state index contributed by atoms with van der Waals surface area (Å²) >= 11 is 5.34. The number of rotatable bonds is 8. The molecule has 3 heteroatoms. The number of aryl methyl sites for hydroxylation is 1. The van der Waals surface area contributed by atoms with E-state index in [2.05, 4.69) is 49.6 Å². The quantitative estimate of drug-likeness (QED) is 0.523. The van der Waals surface area contributed by atoms with Crippen LogP contribution in [0, 0.1) is 13.8 Å². The Bertz CT molecular complexity index is 415. The molecule has 0 saturated carbocycles. The van der Waals surface area contributed by atoms with Crippen molar-refractivity contribution in [1.82, 2.24) is 5.32 Å². The van der Waals surface area contributed by atoms with Crippen molar-refractivity contribution in [3.05, 3.63) is 29.3 Å². The second-order valence-corrected chi connectivity index (χ2v) is 5.80. The van der Waals surface area contributed by atoms with Crippen LogP contribution in [0.15, 0.2) is 18.2 Å². The van der Waals surface area contributed by atoms with Crippen molar-refractivity contribution < 1.29 is 0 Å². The van der Waals surface area contributed by atoms with Gasteiger partial charge in [-0.1, -0.05) is 51.2 Å². The summed E-state index contributed by atoms with van der Waals surface area (Å²) in [6, 6.07) is 6.25. The van der Waals surface area contributed by atoms with Gasteiger partial charge in [0.15, 0.2) is 5.11 Å². The average Bonchev–Trinajstić information content (AvgIpc) is 2.43. The molecule has 0 aliphatic heterocycles. The van der Waals surface area contributed by atoms with Gasteiger partial charge in [0.2, 0.25) is 0 Å². The summed E-state index contributed by atoms with van der Waals surface area (Å²) in [5, 5.41) is 7.30. The third kappa shape index (κ3) is 6.38. The Hall–Kier alpha value is -1.09. The van der Waals surface area contributed by atoms with Crippen LogP contribution < -0.4 is 10.6 Å². The molecule has 0 bridgehead atoms. The van der Waals surface area contributed by atoms with Gasteiger partial charge in [-0.05, 0) is 49.7 Å². The predicted molar refractivity (Wildman–Crippen MR) is 93.5 cm³/mol. The fourth-order valence-corrected chi connectivity index (χ4v) is 2.37. The van der Waals surface area contributed by atoms with E-state index in [-0.39, 0.29) is 0 Å². The third-order valence-electron chi connectivity index (χ3n) is 3.67. The number of nitrogens with one attached hydrogen (secondary N) is 2. The lowest BCUT2D eigenvalue weighted by Crippen LogP contribution is -2.29. The molecule has 0 unspecified atom stereocenters. The molecule has 1 rings (SSSR count). The maximum atomic E-state index is 5.34. The van der Waals surface area contributed by atoms with Gasteiger partial charge in [-0.15, -0.1) is 0 Å². The number of anilines is 1. The van der Waals surface area contributed by atoms with Crippen LogP contribution in [-0.4, -0.2) is 11.7 Å². The van der Waals surface area contributed by atoms with Crippen molar-refractivity contribution in [3.8, 4) is 0 Å². The van der Waals surface area contributed by atoms with Crippen molar-refractivity contribution in [2.24, 2.45) is 0 Å². The van der Waals surface area contributed by atoms with E-state index >= 15 is 0 Å². The Balaban J connectivity index is 2.19. The summed E-state index contributed by atoms with van der Waals surface area (Å²) in [7, 11) is 0. The maximum absolute atomic E-state index is 5.34. The average molecular weight is 292 g/mol. The Kier molecular flexibility index (Phi) is 8.28. The monoisotopic (exact) mass is 292 g/mol. The second kappa shape index (κ2) is 9.76. The van der Waals surface area contributed by atoms with E-state index < -0.39 is 0 Å². The van der Waals surface area contributed by atoms with Crippen LogP contribution in [0.25, 0.3) is 0 Å². The maximum Gasteiger partial charge on any atom is 0.170 e. The second-order valence-electron chi connectivity index (χ2n) is 5.40. The van der Waals surface area contributed by atoms with Crippen LogP contribution in [0.3, 0.4) is 0 Å². The topological polar surface area (TPSA) is 24.1 Å². The summed E-state index contributed by atoms with van der Waals surface area (Å²) in [6.45, 7) is 7.45. The molecule has 0 spiro atoms. The molecule has 1 aromatic rings. The van der Waals surface area contributed by atoms with Crippen molar-refractivity contribution in [2.75, 3.05) is 11.9 Å². The van der Waals surface area contributed by atoms with Crippen LogP contribution in [0.2, 0.25) is 0 Å². The Labute approximate surface area is 129 Å². The zero-order valence-electron chi connectivity index (χ0n) is 13.1. The van der Waals surface area contributed by atoms with Gasteiger partial charge in [-0.25, -0.2) is 0 Å². The lowest BCUT2D eigenvalue weighted by atomic mass is 10.1. The van der Waals surface area contributed by atoms with E-state index in [1.165, 1.54) is 49.7 Å². The van der Waals surface area contributed by atoms with E-state index in [0.717, 1.165) is 17.3 Å². The highest BCUT2D eigenvalue weighted by Crippen LogP contribution is 2.17. The van der Waals surface area contributed by atoms with E-state index in [9.17, 15) is 0 Å². The highest BCUT2D eigenvalue weighted by molar-refractivity contribution is 7.80. The summed E-state index contributed by atoms with van der Waals surface area (Å²) < 4.78 is 0. The van der Waals surface area contributed by atoms with Crippen LogP contribution in [-0.2, 0) is 0 Å². The lowest BCUT2D eigenvalue weighted by molar-refractivity contribution is 0.603. The molecule has 0 aliphatic rings. The summed E-state index contributed by atoms with van der Waals surface area (Å²) in [5.41, 5.74) is 3.65. The van der Waals surface area contributed by atoms with Gasteiger partial charge >= 0.3 is 0 Å². The molecule has 0 amide bonds. The van der Waals surface area contributed by atoms with E-state index in [1.807, 2.05) is 0 Å². The largest absolute Gasteiger partial charge is 0.362 e. The highest BCUT2D eigenvalue weighted by Gasteiger charge is 2.02. The third-order valence-corrected chi connectivity index (χ3v) is 3.92. The first-order valence-electron chi connectivity index (χ1n) is 7.76. The molecule has 2 nitrogen and oxygen atoms in total. The minimum absolute atomic E-state index is 0.729. The fourth-order valence-electron chi connectivity index (χ4n) is 2.16. The van der Waals surface area contributed by atoms with E-state index in [0.29, 0.717) is 0 Å². The standard InChI is InChI=1S/C17H28N2S/c1-4-5-6-7-8-9-13-18-17(20)19-16-12-10-11-14(2)15(16)3/h10-12H,4-9,13H2,1-3H3,(H2,18,19,20). The Morgan fingerprint density at radius 2 is 1.75 bits per heavy atom. The smallest absolute Gasteiger partial charge is 0.170 e. The zero-order chi connectivity index (χ0) is 14.8. The van der Waals surface area contributed by atoms with Gasteiger partial charge < -0.3 is 10.6 Å². The van der Waals surface area contributed by atoms with Gasteiger partial charge in [-0.2, -0.15) is 0 Å². The molecule has 2 N–H and O–H groups in total. The molecule has 1 aromatic carbocycles. The highest BCUT2D eigenvalue weighted by atomic mass is 32.1. The molecular formula is C17H28N2S. The molecule has 0 saturated heterocycles. The van der Waals surface area contributed by atoms with Crippen LogP contribution in [0.5, 0.6) is 0 Å². The summed E-state index contributed by atoms with van der Waals surface area (Å²) in [5.74, 6) is 0. The number of hydrogen-bond donors (Lipinski definition) is 2. The number of benzene rings is 1. The van der Waals surface area contributed by atoms with Crippen LogP contribution in [0.4, 0.5) is 5.69 Å². The Morgan fingerprint density at radius 3 is 2.50 bits per heavy atom. The summed E-state index contributed by atoms with van der Waals surface area (Å²) in [6.07, 6.45) is 7.86. The number of unbranched alkanes of at least 4 members (excludes halogenated alkanes) is 5. The minimum atomic E-state index is 0.729. The zero-order valence-corrected chi connectivity index (χ0v) is 13.9. The number of thiocarbonyl (C=S) groups is 1. The van der Waals surface area contributed by atoms with E-state index in [4.69, 9.17) is 12.2 Å². The van der Waals surface area contributed by atoms with Crippen molar-refractivity contribution in [3.63, 3.8) is 0 Å². The van der Waals surface area contributed by atoms with Crippen LogP contribution in [0.1, 0.15) is 56.6 Å². The molecule has 0 atom stereocenters. The molecule has 112 valence electrons. The molecule has 0 fully saturated rings.